The fourth-order valence-electron chi connectivity index (χ4n) is 3.45. The molecule has 5 aromatic rings. The topological polar surface area (TPSA) is 64.8 Å². The molecule has 5 rings (SSSR count). The van der Waals surface area contributed by atoms with Crippen LogP contribution in [0.2, 0.25) is 0 Å². The molecule has 0 atom stereocenters. The van der Waals surface area contributed by atoms with Gasteiger partial charge in [0, 0.05) is 28.7 Å². The van der Waals surface area contributed by atoms with Gasteiger partial charge in [0.05, 0.1) is 16.1 Å². The zero-order chi connectivity index (χ0) is 19.1. The number of aromatic nitrogens is 3. The molecule has 0 unspecified atom stereocenters. The summed E-state index contributed by atoms with van der Waals surface area (Å²) in [7, 11) is -3.84. The SMILES string of the molecule is O=S(=O)(c1ccccc1)n1c(-c2cccc3cccnc23)cc2cccnc21. The Morgan fingerprint density at radius 1 is 0.714 bits per heavy atom. The van der Waals surface area contributed by atoms with Crippen molar-refractivity contribution in [1.29, 1.82) is 0 Å². The molecule has 3 heterocycles. The molecule has 0 bridgehead atoms. The van der Waals surface area contributed by atoms with Crippen LogP contribution >= 0.6 is 0 Å². The van der Waals surface area contributed by atoms with E-state index in [1.807, 2.05) is 42.5 Å². The van der Waals surface area contributed by atoms with Gasteiger partial charge in [0.15, 0.2) is 5.65 Å². The van der Waals surface area contributed by atoms with Crippen molar-refractivity contribution in [3.8, 4) is 11.3 Å². The van der Waals surface area contributed by atoms with Gasteiger partial charge in [0.1, 0.15) is 0 Å². The third kappa shape index (κ3) is 2.50. The van der Waals surface area contributed by atoms with Crippen molar-refractivity contribution in [3.63, 3.8) is 0 Å². The van der Waals surface area contributed by atoms with Crippen LogP contribution in [0.4, 0.5) is 0 Å². The lowest BCUT2D eigenvalue weighted by Gasteiger charge is -2.12. The number of pyridine rings is 2. The molecule has 6 heteroatoms. The van der Waals surface area contributed by atoms with Gasteiger partial charge in [-0.15, -0.1) is 0 Å². The average molecular weight is 385 g/mol. The highest BCUT2D eigenvalue weighted by atomic mass is 32.2. The van der Waals surface area contributed by atoms with E-state index in [1.165, 1.54) is 3.97 Å². The van der Waals surface area contributed by atoms with Gasteiger partial charge in [-0.05, 0) is 36.4 Å². The van der Waals surface area contributed by atoms with E-state index in [0.29, 0.717) is 11.3 Å². The molecule has 0 amide bonds. The largest absolute Gasteiger partial charge is 0.269 e. The highest BCUT2D eigenvalue weighted by Crippen LogP contribution is 2.34. The highest BCUT2D eigenvalue weighted by Gasteiger charge is 2.25. The molecule has 136 valence electrons. The van der Waals surface area contributed by atoms with Crippen molar-refractivity contribution in [2.75, 3.05) is 0 Å². The predicted octanol–water partition coefficient (Wildman–Crippen LogP) is 4.49. The zero-order valence-corrected chi connectivity index (χ0v) is 15.5. The number of para-hydroxylation sites is 1. The maximum Gasteiger partial charge on any atom is 0.269 e. The second-order valence-corrected chi connectivity index (χ2v) is 8.20. The number of hydrogen-bond acceptors (Lipinski definition) is 4. The predicted molar refractivity (Wildman–Crippen MR) is 109 cm³/mol. The first kappa shape index (κ1) is 16.6. The maximum absolute atomic E-state index is 13.5. The minimum Gasteiger partial charge on any atom is -0.256 e. The molecule has 0 spiro atoms. The van der Waals surface area contributed by atoms with E-state index < -0.39 is 10.0 Å². The molecule has 2 aromatic carbocycles. The van der Waals surface area contributed by atoms with Crippen LogP contribution in [0.1, 0.15) is 0 Å². The summed E-state index contributed by atoms with van der Waals surface area (Å²) >= 11 is 0. The average Bonchev–Trinajstić information content (AvgIpc) is 3.14. The van der Waals surface area contributed by atoms with Crippen molar-refractivity contribution >= 4 is 32.0 Å². The molecule has 0 aliphatic heterocycles. The van der Waals surface area contributed by atoms with Crippen molar-refractivity contribution in [1.82, 2.24) is 13.9 Å². The summed E-state index contributed by atoms with van der Waals surface area (Å²) in [4.78, 5) is 9.07. The third-order valence-electron chi connectivity index (χ3n) is 4.71. The Morgan fingerprint density at radius 2 is 1.43 bits per heavy atom. The Labute approximate surface area is 162 Å². The lowest BCUT2D eigenvalue weighted by atomic mass is 10.1. The molecule has 0 N–H and O–H groups in total. The van der Waals surface area contributed by atoms with E-state index in [2.05, 4.69) is 9.97 Å². The van der Waals surface area contributed by atoms with Gasteiger partial charge in [-0.25, -0.2) is 17.4 Å². The van der Waals surface area contributed by atoms with Crippen molar-refractivity contribution in [2.24, 2.45) is 0 Å². The fraction of sp³-hybridized carbons (Fsp3) is 0. The first-order valence-corrected chi connectivity index (χ1v) is 10.2. The van der Waals surface area contributed by atoms with Crippen molar-refractivity contribution in [3.05, 3.63) is 91.3 Å². The van der Waals surface area contributed by atoms with Gasteiger partial charge in [-0.1, -0.05) is 42.5 Å². The highest BCUT2D eigenvalue weighted by molar-refractivity contribution is 7.90. The van der Waals surface area contributed by atoms with Crippen LogP contribution in [-0.4, -0.2) is 22.4 Å². The van der Waals surface area contributed by atoms with Crippen molar-refractivity contribution < 1.29 is 8.42 Å². The second-order valence-electron chi connectivity index (χ2n) is 6.41. The van der Waals surface area contributed by atoms with Gasteiger partial charge < -0.3 is 0 Å². The normalized spacial score (nSPS) is 11.9. The summed E-state index contributed by atoms with van der Waals surface area (Å²) < 4.78 is 28.4. The molecular formula is C22H15N3O2S. The standard InChI is InChI=1S/C22H15N3O2S/c26-28(27,18-10-2-1-3-11-18)25-20(15-17-9-6-14-24-22(17)25)19-12-4-7-16-8-5-13-23-21(16)19/h1-15H. The van der Waals surface area contributed by atoms with E-state index in [9.17, 15) is 8.42 Å². The molecule has 28 heavy (non-hydrogen) atoms. The monoisotopic (exact) mass is 385 g/mol. The number of benzene rings is 2. The van der Waals surface area contributed by atoms with Gasteiger partial charge >= 0.3 is 0 Å². The van der Waals surface area contributed by atoms with E-state index in [0.717, 1.165) is 21.9 Å². The number of hydrogen-bond donors (Lipinski definition) is 0. The Hall–Kier alpha value is -3.51. The van der Waals surface area contributed by atoms with Crippen molar-refractivity contribution in [2.45, 2.75) is 4.90 Å². The second kappa shape index (κ2) is 6.28. The number of nitrogens with zero attached hydrogens (tertiary/aromatic N) is 3. The molecular weight excluding hydrogens is 370 g/mol. The van der Waals surface area contributed by atoms with Gasteiger partial charge in [0.25, 0.3) is 10.0 Å². The molecule has 0 fully saturated rings. The minimum absolute atomic E-state index is 0.215. The summed E-state index contributed by atoms with van der Waals surface area (Å²) in [6, 6.07) is 23.5. The summed E-state index contributed by atoms with van der Waals surface area (Å²) in [5.41, 5.74) is 2.43. The van der Waals surface area contributed by atoms with Crippen LogP contribution in [0.5, 0.6) is 0 Å². The molecule has 0 radical (unpaired) electrons. The third-order valence-corrected chi connectivity index (χ3v) is 6.43. The summed E-state index contributed by atoms with van der Waals surface area (Å²) in [6.07, 6.45) is 3.31. The number of fused-ring (bicyclic) bond motifs is 2. The molecule has 0 aliphatic rings. The molecule has 0 saturated heterocycles. The van der Waals surface area contributed by atoms with Crippen LogP contribution < -0.4 is 0 Å². The van der Waals surface area contributed by atoms with Crippen LogP contribution in [0, 0.1) is 0 Å². The smallest absolute Gasteiger partial charge is 0.256 e. The Bertz CT molecular complexity index is 1420. The first-order chi connectivity index (χ1) is 13.7. The van der Waals surface area contributed by atoms with Gasteiger partial charge in [-0.3, -0.25) is 4.98 Å². The van der Waals surface area contributed by atoms with Gasteiger partial charge in [0.2, 0.25) is 0 Å². The molecule has 0 saturated carbocycles. The van der Waals surface area contributed by atoms with Gasteiger partial charge in [-0.2, -0.15) is 0 Å². The fourth-order valence-corrected chi connectivity index (χ4v) is 4.95. The Kier molecular flexibility index (Phi) is 3.74. The Balaban J connectivity index is 1.90. The van der Waals surface area contributed by atoms with Crippen LogP contribution in [0.15, 0.2) is 96.2 Å². The maximum atomic E-state index is 13.5. The van der Waals surface area contributed by atoms with E-state index in [4.69, 9.17) is 0 Å². The zero-order valence-electron chi connectivity index (χ0n) is 14.7. The van der Waals surface area contributed by atoms with Crippen LogP contribution in [0.25, 0.3) is 33.2 Å². The minimum atomic E-state index is -3.84. The molecule has 3 aromatic heterocycles. The summed E-state index contributed by atoms with van der Waals surface area (Å²) in [5.74, 6) is 0. The summed E-state index contributed by atoms with van der Waals surface area (Å²) in [6.45, 7) is 0. The number of rotatable bonds is 3. The quantitative estimate of drug-likeness (QED) is 0.459. The first-order valence-electron chi connectivity index (χ1n) is 8.77. The lowest BCUT2D eigenvalue weighted by Crippen LogP contribution is -2.14. The molecule has 0 aliphatic carbocycles. The lowest BCUT2D eigenvalue weighted by molar-refractivity contribution is 0.589. The summed E-state index contributed by atoms with van der Waals surface area (Å²) in [5, 5.41) is 1.70. The van der Waals surface area contributed by atoms with E-state index in [1.54, 1.807) is 48.8 Å². The van der Waals surface area contributed by atoms with Crippen LogP contribution in [-0.2, 0) is 10.0 Å². The molecule has 5 nitrogen and oxygen atoms in total. The van der Waals surface area contributed by atoms with E-state index in [-0.39, 0.29) is 4.90 Å². The van der Waals surface area contributed by atoms with E-state index >= 15 is 0 Å². The van der Waals surface area contributed by atoms with Crippen LogP contribution in [0.3, 0.4) is 0 Å². The Morgan fingerprint density at radius 3 is 2.25 bits per heavy atom.